The van der Waals surface area contributed by atoms with E-state index in [1.54, 1.807) is 0 Å². The zero-order valence-electron chi connectivity index (χ0n) is 10.6. The summed E-state index contributed by atoms with van der Waals surface area (Å²) in [6.45, 7) is 11.9. The summed E-state index contributed by atoms with van der Waals surface area (Å²) >= 11 is 0. The van der Waals surface area contributed by atoms with Crippen LogP contribution in [0, 0.1) is 11.8 Å². The first kappa shape index (κ1) is 11.4. The molecule has 1 aliphatic heterocycles. The Morgan fingerprint density at radius 3 is 2.27 bits per heavy atom. The minimum absolute atomic E-state index is 0.273. The van der Waals surface area contributed by atoms with Gasteiger partial charge in [-0.2, -0.15) is 0 Å². The smallest absolute Gasteiger partial charge is 0.0107 e. The fourth-order valence-corrected chi connectivity index (χ4v) is 3.10. The van der Waals surface area contributed by atoms with Crippen molar-refractivity contribution in [1.82, 2.24) is 10.2 Å². The molecule has 2 aliphatic rings. The maximum Gasteiger partial charge on any atom is 0.0107 e. The third-order valence-corrected chi connectivity index (χ3v) is 3.89. The molecule has 1 aliphatic carbocycles. The Morgan fingerprint density at radius 1 is 1.13 bits per heavy atom. The fraction of sp³-hybridized carbons (Fsp3) is 1.00. The van der Waals surface area contributed by atoms with E-state index in [4.69, 9.17) is 0 Å². The zero-order valence-corrected chi connectivity index (χ0v) is 10.6. The van der Waals surface area contributed by atoms with Gasteiger partial charge >= 0.3 is 0 Å². The molecule has 2 unspecified atom stereocenters. The van der Waals surface area contributed by atoms with E-state index < -0.39 is 0 Å². The topological polar surface area (TPSA) is 15.3 Å². The summed E-state index contributed by atoms with van der Waals surface area (Å²) in [5.41, 5.74) is 0.273. The highest BCUT2D eigenvalue weighted by atomic mass is 15.2. The molecule has 0 amide bonds. The van der Waals surface area contributed by atoms with Crippen molar-refractivity contribution < 1.29 is 0 Å². The van der Waals surface area contributed by atoms with Crippen LogP contribution in [-0.4, -0.2) is 36.6 Å². The second-order valence-electron chi connectivity index (χ2n) is 6.39. The van der Waals surface area contributed by atoms with E-state index in [-0.39, 0.29) is 5.54 Å². The van der Waals surface area contributed by atoms with E-state index in [0.717, 1.165) is 18.4 Å². The van der Waals surface area contributed by atoms with Crippen LogP contribution in [0.25, 0.3) is 0 Å². The molecule has 2 fully saturated rings. The van der Waals surface area contributed by atoms with Crippen molar-refractivity contribution in [3.8, 4) is 0 Å². The van der Waals surface area contributed by atoms with E-state index in [0.29, 0.717) is 0 Å². The van der Waals surface area contributed by atoms with Crippen LogP contribution in [0.3, 0.4) is 0 Å². The van der Waals surface area contributed by atoms with Gasteiger partial charge in [0.2, 0.25) is 0 Å². The number of hydrogen-bond acceptors (Lipinski definition) is 2. The van der Waals surface area contributed by atoms with Crippen molar-refractivity contribution in [3.05, 3.63) is 0 Å². The molecule has 0 bridgehead atoms. The lowest BCUT2D eigenvalue weighted by Crippen LogP contribution is -2.41. The molecule has 15 heavy (non-hydrogen) atoms. The Balaban J connectivity index is 1.65. The summed E-state index contributed by atoms with van der Waals surface area (Å²) in [7, 11) is 0. The normalized spacial score (nSPS) is 32.2. The molecule has 1 saturated heterocycles. The summed E-state index contributed by atoms with van der Waals surface area (Å²) in [4.78, 5) is 2.66. The standard InChI is InChI=1S/C13H26N2/c1-13(2,3)14-7-8-15-9-11-5-4-6-12(11)10-15/h11-12,14H,4-10H2,1-3H3. The van der Waals surface area contributed by atoms with Crippen molar-refractivity contribution in [2.45, 2.75) is 45.6 Å². The molecule has 0 radical (unpaired) electrons. The summed E-state index contributed by atoms with van der Waals surface area (Å²) in [6.07, 6.45) is 4.48. The van der Waals surface area contributed by atoms with Gasteiger partial charge in [0.25, 0.3) is 0 Å². The van der Waals surface area contributed by atoms with E-state index in [9.17, 15) is 0 Å². The van der Waals surface area contributed by atoms with Crippen molar-refractivity contribution >= 4 is 0 Å². The number of nitrogens with zero attached hydrogens (tertiary/aromatic N) is 1. The average molecular weight is 210 g/mol. The molecule has 0 aromatic rings. The number of hydrogen-bond donors (Lipinski definition) is 1. The number of nitrogens with one attached hydrogen (secondary N) is 1. The van der Waals surface area contributed by atoms with Crippen LogP contribution in [0.2, 0.25) is 0 Å². The average Bonchev–Trinajstić information content (AvgIpc) is 2.60. The van der Waals surface area contributed by atoms with Crippen molar-refractivity contribution in [1.29, 1.82) is 0 Å². The summed E-state index contributed by atoms with van der Waals surface area (Å²) in [6, 6.07) is 0. The minimum atomic E-state index is 0.273. The van der Waals surface area contributed by atoms with Gasteiger partial charge in [-0.05, 0) is 45.4 Å². The van der Waals surface area contributed by atoms with Gasteiger partial charge < -0.3 is 10.2 Å². The molecule has 2 nitrogen and oxygen atoms in total. The zero-order chi connectivity index (χ0) is 10.9. The monoisotopic (exact) mass is 210 g/mol. The van der Waals surface area contributed by atoms with Gasteiger partial charge in [-0.15, -0.1) is 0 Å². The van der Waals surface area contributed by atoms with Gasteiger partial charge in [0.1, 0.15) is 0 Å². The molecule has 1 N–H and O–H groups in total. The second kappa shape index (κ2) is 4.42. The summed E-state index contributed by atoms with van der Waals surface area (Å²) in [5.74, 6) is 2.08. The maximum absolute atomic E-state index is 3.57. The van der Waals surface area contributed by atoms with E-state index in [1.165, 1.54) is 38.9 Å². The van der Waals surface area contributed by atoms with E-state index >= 15 is 0 Å². The van der Waals surface area contributed by atoms with Crippen LogP contribution in [0.1, 0.15) is 40.0 Å². The van der Waals surface area contributed by atoms with E-state index in [2.05, 4.69) is 31.0 Å². The first-order chi connectivity index (χ1) is 7.04. The molecule has 1 saturated carbocycles. The molecular formula is C13H26N2. The van der Waals surface area contributed by atoms with Gasteiger partial charge in [0.15, 0.2) is 0 Å². The van der Waals surface area contributed by atoms with Gasteiger partial charge in [0, 0.05) is 31.7 Å². The summed E-state index contributed by atoms with van der Waals surface area (Å²) < 4.78 is 0. The maximum atomic E-state index is 3.57. The van der Waals surface area contributed by atoms with Gasteiger partial charge in [-0.25, -0.2) is 0 Å². The Hall–Kier alpha value is -0.0800. The third kappa shape index (κ3) is 3.18. The predicted molar refractivity (Wildman–Crippen MR) is 65.0 cm³/mol. The molecule has 2 rings (SSSR count). The lowest BCUT2D eigenvalue weighted by atomic mass is 10.0. The predicted octanol–water partition coefficient (Wildman–Crippen LogP) is 2.11. The Morgan fingerprint density at radius 2 is 1.73 bits per heavy atom. The van der Waals surface area contributed by atoms with Crippen LogP contribution in [0.5, 0.6) is 0 Å². The highest BCUT2D eigenvalue weighted by molar-refractivity contribution is 4.88. The van der Waals surface area contributed by atoms with E-state index in [1.807, 2.05) is 0 Å². The van der Waals surface area contributed by atoms with Crippen LogP contribution in [0.4, 0.5) is 0 Å². The molecule has 0 spiro atoms. The number of rotatable bonds is 3. The van der Waals surface area contributed by atoms with Crippen LogP contribution in [0.15, 0.2) is 0 Å². The quantitative estimate of drug-likeness (QED) is 0.767. The Bertz CT molecular complexity index is 195. The van der Waals surface area contributed by atoms with Crippen molar-refractivity contribution in [2.75, 3.05) is 26.2 Å². The largest absolute Gasteiger partial charge is 0.311 e. The molecule has 0 aromatic carbocycles. The molecule has 88 valence electrons. The highest BCUT2D eigenvalue weighted by Crippen LogP contribution is 2.37. The van der Waals surface area contributed by atoms with Gasteiger partial charge in [-0.3, -0.25) is 0 Å². The SMILES string of the molecule is CC(C)(C)NCCN1CC2CCCC2C1. The summed E-state index contributed by atoms with van der Waals surface area (Å²) in [5, 5.41) is 3.57. The third-order valence-electron chi connectivity index (χ3n) is 3.89. The lowest BCUT2D eigenvalue weighted by molar-refractivity contribution is 0.292. The van der Waals surface area contributed by atoms with Crippen LogP contribution < -0.4 is 5.32 Å². The molecule has 2 atom stereocenters. The highest BCUT2D eigenvalue weighted by Gasteiger charge is 2.35. The van der Waals surface area contributed by atoms with Crippen LogP contribution >= 0.6 is 0 Å². The molecule has 0 aromatic heterocycles. The first-order valence-corrected chi connectivity index (χ1v) is 6.52. The molecule has 2 heteroatoms. The van der Waals surface area contributed by atoms with Gasteiger partial charge in [-0.1, -0.05) is 6.42 Å². The molecule has 1 heterocycles. The van der Waals surface area contributed by atoms with Crippen molar-refractivity contribution in [3.63, 3.8) is 0 Å². The van der Waals surface area contributed by atoms with Crippen molar-refractivity contribution in [2.24, 2.45) is 11.8 Å². The van der Waals surface area contributed by atoms with Gasteiger partial charge in [0.05, 0.1) is 0 Å². The lowest BCUT2D eigenvalue weighted by Gasteiger charge is -2.23. The Labute approximate surface area is 94.4 Å². The minimum Gasteiger partial charge on any atom is -0.311 e. The molecular weight excluding hydrogens is 184 g/mol. The second-order valence-corrected chi connectivity index (χ2v) is 6.39. The number of likely N-dealkylation sites (tertiary alicyclic amines) is 1. The fourth-order valence-electron chi connectivity index (χ4n) is 3.10. The van der Waals surface area contributed by atoms with Crippen LogP contribution in [-0.2, 0) is 0 Å². The number of fused-ring (bicyclic) bond motifs is 1. The Kier molecular flexibility index (Phi) is 3.36. The first-order valence-electron chi connectivity index (χ1n) is 6.52.